The molecule has 5 heteroatoms. The standard InChI is InChI=1S/C18H17FO4/c1-3-22-18(21)16-10-14(12(2)20)6-9-17(16)23-11-13-4-7-15(19)8-5-13/h4-10H,3,11H2,1-2H3. The normalized spacial score (nSPS) is 10.2. The summed E-state index contributed by atoms with van der Waals surface area (Å²) in [5, 5.41) is 0. The smallest absolute Gasteiger partial charge is 0.341 e. The number of carbonyl (C=O) groups is 2. The van der Waals surface area contributed by atoms with Crippen molar-refractivity contribution < 1.29 is 23.5 Å². The highest BCUT2D eigenvalue weighted by Gasteiger charge is 2.16. The van der Waals surface area contributed by atoms with Gasteiger partial charge in [-0.1, -0.05) is 12.1 Å². The monoisotopic (exact) mass is 316 g/mol. The van der Waals surface area contributed by atoms with E-state index in [9.17, 15) is 14.0 Å². The lowest BCUT2D eigenvalue weighted by Crippen LogP contribution is -2.09. The number of esters is 1. The number of Topliss-reactive ketones (excluding diaryl/α,β-unsaturated/α-hetero) is 1. The molecule has 23 heavy (non-hydrogen) atoms. The number of halogens is 1. The molecule has 0 aliphatic carbocycles. The van der Waals surface area contributed by atoms with Gasteiger partial charge < -0.3 is 9.47 Å². The van der Waals surface area contributed by atoms with Gasteiger partial charge in [-0.25, -0.2) is 9.18 Å². The Bertz CT molecular complexity index is 707. The molecule has 0 fully saturated rings. The van der Waals surface area contributed by atoms with Crippen LogP contribution in [0.25, 0.3) is 0 Å². The van der Waals surface area contributed by atoms with Gasteiger partial charge in [0.25, 0.3) is 0 Å². The number of ketones is 1. The molecule has 0 heterocycles. The SMILES string of the molecule is CCOC(=O)c1cc(C(C)=O)ccc1OCc1ccc(F)cc1. The minimum absolute atomic E-state index is 0.152. The topological polar surface area (TPSA) is 52.6 Å². The second-order valence-electron chi connectivity index (χ2n) is 4.90. The molecule has 2 rings (SSSR count). The molecule has 0 N–H and O–H groups in total. The van der Waals surface area contributed by atoms with E-state index in [1.54, 1.807) is 31.2 Å². The van der Waals surface area contributed by atoms with E-state index in [2.05, 4.69) is 0 Å². The third-order valence-electron chi connectivity index (χ3n) is 3.19. The first-order valence-electron chi connectivity index (χ1n) is 7.20. The van der Waals surface area contributed by atoms with Crippen LogP contribution >= 0.6 is 0 Å². The molecule has 0 aromatic heterocycles. The van der Waals surface area contributed by atoms with E-state index in [0.29, 0.717) is 11.3 Å². The second-order valence-corrected chi connectivity index (χ2v) is 4.90. The highest BCUT2D eigenvalue weighted by molar-refractivity contribution is 5.99. The molecule has 2 aromatic carbocycles. The summed E-state index contributed by atoms with van der Waals surface area (Å²) in [5.41, 5.74) is 1.36. The molecule has 120 valence electrons. The fraction of sp³-hybridized carbons (Fsp3) is 0.222. The maximum absolute atomic E-state index is 12.9. The summed E-state index contributed by atoms with van der Waals surface area (Å²) in [6.45, 7) is 3.52. The van der Waals surface area contributed by atoms with Gasteiger partial charge in [-0.05, 0) is 49.7 Å². The fourth-order valence-electron chi connectivity index (χ4n) is 1.98. The Morgan fingerprint density at radius 3 is 2.39 bits per heavy atom. The van der Waals surface area contributed by atoms with Crippen LogP contribution in [0.4, 0.5) is 4.39 Å². The third-order valence-corrected chi connectivity index (χ3v) is 3.19. The number of hydrogen-bond acceptors (Lipinski definition) is 4. The Morgan fingerprint density at radius 1 is 1.09 bits per heavy atom. The first-order chi connectivity index (χ1) is 11.0. The minimum Gasteiger partial charge on any atom is -0.488 e. The largest absolute Gasteiger partial charge is 0.488 e. The molecule has 0 saturated carbocycles. The Kier molecular flexibility index (Phi) is 5.46. The van der Waals surface area contributed by atoms with Crippen LogP contribution in [-0.2, 0) is 11.3 Å². The highest BCUT2D eigenvalue weighted by atomic mass is 19.1. The quantitative estimate of drug-likeness (QED) is 0.601. The van der Waals surface area contributed by atoms with Crippen molar-refractivity contribution in [1.29, 1.82) is 0 Å². The van der Waals surface area contributed by atoms with Gasteiger partial charge in [0, 0.05) is 5.56 Å². The van der Waals surface area contributed by atoms with Gasteiger partial charge in [0.15, 0.2) is 5.78 Å². The second kappa shape index (κ2) is 7.54. The zero-order valence-electron chi connectivity index (χ0n) is 13.0. The maximum atomic E-state index is 12.9. The van der Waals surface area contributed by atoms with Gasteiger partial charge >= 0.3 is 5.97 Å². The molecule has 0 saturated heterocycles. The Labute approximate surface area is 133 Å². The number of benzene rings is 2. The van der Waals surface area contributed by atoms with Gasteiger partial charge in [0.05, 0.1) is 6.61 Å². The summed E-state index contributed by atoms with van der Waals surface area (Å²) in [6, 6.07) is 10.5. The van der Waals surface area contributed by atoms with Crippen molar-refractivity contribution in [2.24, 2.45) is 0 Å². The van der Waals surface area contributed by atoms with Gasteiger partial charge in [-0.3, -0.25) is 4.79 Å². The Balaban J connectivity index is 2.23. The molecule has 0 aliphatic rings. The summed E-state index contributed by atoms with van der Waals surface area (Å²) in [4.78, 5) is 23.5. The molecule has 0 radical (unpaired) electrons. The zero-order valence-corrected chi connectivity index (χ0v) is 13.0. The van der Waals surface area contributed by atoms with Crippen molar-refractivity contribution in [2.45, 2.75) is 20.5 Å². The van der Waals surface area contributed by atoms with Crippen molar-refractivity contribution in [1.82, 2.24) is 0 Å². The lowest BCUT2D eigenvalue weighted by atomic mass is 10.1. The molecule has 4 nitrogen and oxygen atoms in total. The molecule has 0 spiro atoms. The van der Waals surface area contributed by atoms with Crippen molar-refractivity contribution in [3.8, 4) is 5.75 Å². The van der Waals surface area contributed by atoms with E-state index < -0.39 is 5.97 Å². The zero-order chi connectivity index (χ0) is 16.8. The van der Waals surface area contributed by atoms with Crippen LogP contribution in [0.1, 0.15) is 40.1 Å². The molecule has 0 atom stereocenters. The van der Waals surface area contributed by atoms with Gasteiger partial charge in [-0.15, -0.1) is 0 Å². The first-order valence-corrected chi connectivity index (χ1v) is 7.20. The minimum atomic E-state index is -0.551. The summed E-state index contributed by atoms with van der Waals surface area (Å²) in [7, 11) is 0. The lowest BCUT2D eigenvalue weighted by molar-refractivity contribution is 0.0521. The molecule has 0 unspecified atom stereocenters. The summed E-state index contributed by atoms with van der Waals surface area (Å²) < 4.78 is 23.5. The van der Waals surface area contributed by atoms with E-state index in [1.165, 1.54) is 25.1 Å². The first kappa shape index (κ1) is 16.7. The summed E-state index contributed by atoms with van der Waals surface area (Å²) in [6.07, 6.45) is 0. The van der Waals surface area contributed by atoms with Crippen molar-refractivity contribution >= 4 is 11.8 Å². The molecule has 0 amide bonds. The van der Waals surface area contributed by atoms with E-state index in [1.807, 2.05) is 0 Å². The number of ether oxygens (including phenoxy) is 2. The molecule has 2 aromatic rings. The van der Waals surface area contributed by atoms with Crippen LogP contribution in [0, 0.1) is 5.82 Å². The van der Waals surface area contributed by atoms with Crippen molar-refractivity contribution in [3.05, 3.63) is 65.0 Å². The van der Waals surface area contributed by atoms with Crippen LogP contribution in [0.3, 0.4) is 0 Å². The average Bonchev–Trinajstić information content (AvgIpc) is 2.54. The predicted octanol–water partition coefficient (Wildman–Crippen LogP) is 3.78. The molecular formula is C18H17FO4. The maximum Gasteiger partial charge on any atom is 0.341 e. The van der Waals surface area contributed by atoms with Gasteiger partial charge in [0.2, 0.25) is 0 Å². The van der Waals surface area contributed by atoms with Crippen LogP contribution < -0.4 is 4.74 Å². The summed E-state index contributed by atoms with van der Waals surface area (Å²) in [5.74, 6) is -0.713. The van der Waals surface area contributed by atoms with E-state index >= 15 is 0 Å². The number of hydrogen-bond donors (Lipinski definition) is 0. The lowest BCUT2D eigenvalue weighted by Gasteiger charge is -2.12. The van der Waals surface area contributed by atoms with Gasteiger partial charge in [-0.2, -0.15) is 0 Å². The predicted molar refractivity (Wildman–Crippen MR) is 83.1 cm³/mol. The van der Waals surface area contributed by atoms with Crippen molar-refractivity contribution in [3.63, 3.8) is 0 Å². The average molecular weight is 316 g/mol. The van der Waals surface area contributed by atoms with Crippen LogP contribution in [-0.4, -0.2) is 18.4 Å². The van der Waals surface area contributed by atoms with E-state index in [0.717, 1.165) is 5.56 Å². The number of rotatable bonds is 6. The third kappa shape index (κ3) is 4.39. The Morgan fingerprint density at radius 2 is 1.78 bits per heavy atom. The van der Waals surface area contributed by atoms with E-state index in [4.69, 9.17) is 9.47 Å². The Hall–Kier alpha value is -2.69. The van der Waals surface area contributed by atoms with E-state index in [-0.39, 0.29) is 30.4 Å². The van der Waals surface area contributed by atoms with Crippen LogP contribution in [0.15, 0.2) is 42.5 Å². The fourth-order valence-corrected chi connectivity index (χ4v) is 1.98. The van der Waals surface area contributed by atoms with Crippen molar-refractivity contribution in [2.75, 3.05) is 6.61 Å². The van der Waals surface area contributed by atoms with Crippen LogP contribution in [0.5, 0.6) is 5.75 Å². The molecule has 0 bridgehead atoms. The summed E-state index contributed by atoms with van der Waals surface area (Å²) >= 11 is 0. The highest BCUT2D eigenvalue weighted by Crippen LogP contribution is 2.23. The number of carbonyl (C=O) groups excluding carboxylic acids is 2. The van der Waals surface area contributed by atoms with Gasteiger partial charge in [0.1, 0.15) is 23.7 Å². The van der Waals surface area contributed by atoms with Crippen LogP contribution in [0.2, 0.25) is 0 Å². The molecular weight excluding hydrogens is 299 g/mol. The molecule has 0 aliphatic heterocycles.